The maximum atomic E-state index is 12.4. The van der Waals surface area contributed by atoms with Crippen LogP contribution in [0.1, 0.15) is 29.3 Å². The quantitative estimate of drug-likeness (QED) is 0.451. The number of aromatic nitrogens is 1. The third kappa shape index (κ3) is 4.32. The fourth-order valence-electron chi connectivity index (χ4n) is 3.13. The Morgan fingerprint density at radius 2 is 1.86 bits per heavy atom. The lowest BCUT2D eigenvalue weighted by atomic mass is 10.0. The minimum absolute atomic E-state index is 0.0882. The zero-order valence-electron chi connectivity index (χ0n) is 16.0. The number of halogens is 2. The molecule has 4 nitrogen and oxygen atoms in total. The number of carbonyl (C=O) groups is 1. The normalized spacial score (nSPS) is 10.8. The Labute approximate surface area is 178 Å². The van der Waals surface area contributed by atoms with E-state index in [1.54, 1.807) is 30.0 Å². The van der Waals surface area contributed by atoms with Gasteiger partial charge in [0.15, 0.2) is 5.13 Å². The molecule has 7 heteroatoms. The third-order valence-electron chi connectivity index (χ3n) is 4.20. The molecule has 0 saturated carbocycles. The summed E-state index contributed by atoms with van der Waals surface area (Å²) in [6, 6.07) is 9.36. The number of hydrogen-bond acceptors (Lipinski definition) is 4. The van der Waals surface area contributed by atoms with E-state index in [4.69, 9.17) is 27.9 Å². The van der Waals surface area contributed by atoms with Crippen molar-refractivity contribution in [2.24, 2.45) is 0 Å². The van der Waals surface area contributed by atoms with Crippen LogP contribution >= 0.6 is 34.5 Å². The molecule has 0 aliphatic carbocycles. The SMILES string of the molecule is CC(=O)N(c1nc(COc2cccc(Cl)c2Cl)cs1)c1c(C)cc(C)cc1C. The smallest absolute Gasteiger partial charge is 0.230 e. The van der Waals surface area contributed by atoms with E-state index in [9.17, 15) is 4.79 Å². The number of amides is 1. The Hall–Kier alpha value is -2.08. The van der Waals surface area contributed by atoms with Crippen LogP contribution in [-0.4, -0.2) is 10.9 Å². The second-order valence-corrected chi connectivity index (χ2v) is 8.19. The molecule has 0 radical (unpaired) electrons. The lowest BCUT2D eigenvalue weighted by Crippen LogP contribution is -2.24. The van der Waals surface area contributed by atoms with E-state index < -0.39 is 0 Å². The predicted molar refractivity (Wildman–Crippen MR) is 116 cm³/mol. The Morgan fingerprint density at radius 1 is 1.18 bits per heavy atom. The van der Waals surface area contributed by atoms with Crippen molar-refractivity contribution >= 4 is 51.3 Å². The van der Waals surface area contributed by atoms with Crippen molar-refractivity contribution in [3.63, 3.8) is 0 Å². The standard InChI is InChI=1S/C21H20Cl2N2O2S/c1-12-8-13(2)20(14(3)9-12)25(15(4)26)21-24-16(11-28-21)10-27-18-7-5-6-17(22)19(18)23/h5-9,11H,10H2,1-4H3. The molecule has 0 aliphatic rings. The van der Waals surface area contributed by atoms with Crippen LogP contribution in [0.15, 0.2) is 35.7 Å². The summed E-state index contributed by atoms with van der Waals surface area (Å²) in [5.41, 5.74) is 4.81. The van der Waals surface area contributed by atoms with Crippen LogP contribution in [0.2, 0.25) is 10.0 Å². The highest BCUT2D eigenvalue weighted by molar-refractivity contribution is 7.14. The first kappa shape index (κ1) is 20.6. The number of hydrogen-bond donors (Lipinski definition) is 0. The first-order valence-corrected chi connectivity index (χ1v) is 10.3. The minimum Gasteiger partial charge on any atom is -0.486 e. The van der Waals surface area contributed by atoms with Crippen LogP contribution in [0.25, 0.3) is 0 Å². The minimum atomic E-state index is -0.0882. The molecule has 28 heavy (non-hydrogen) atoms. The molecular formula is C21H20Cl2N2O2S. The zero-order chi connectivity index (χ0) is 20.4. The summed E-state index contributed by atoms with van der Waals surface area (Å²) < 4.78 is 5.75. The first-order chi connectivity index (χ1) is 13.3. The number of carbonyl (C=O) groups excluding carboxylic acids is 1. The van der Waals surface area contributed by atoms with Crippen molar-refractivity contribution in [2.75, 3.05) is 4.90 Å². The van der Waals surface area contributed by atoms with Crippen molar-refractivity contribution < 1.29 is 9.53 Å². The lowest BCUT2D eigenvalue weighted by Gasteiger charge is -2.23. The van der Waals surface area contributed by atoms with E-state index in [-0.39, 0.29) is 12.5 Å². The molecule has 0 saturated heterocycles. The van der Waals surface area contributed by atoms with Crippen LogP contribution < -0.4 is 9.64 Å². The molecule has 0 N–H and O–H groups in total. The van der Waals surface area contributed by atoms with Gasteiger partial charge in [-0.3, -0.25) is 9.69 Å². The van der Waals surface area contributed by atoms with Gasteiger partial charge in [-0.05, 0) is 44.0 Å². The predicted octanol–water partition coefficient (Wildman–Crippen LogP) is 6.64. The molecule has 0 atom stereocenters. The van der Waals surface area contributed by atoms with Crippen LogP contribution in [0, 0.1) is 20.8 Å². The maximum absolute atomic E-state index is 12.4. The summed E-state index contributed by atoms with van der Waals surface area (Å²) in [5.74, 6) is 0.409. The van der Waals surface area contributed by atoms with Crippen molar-refractivity contribution in [2.45, 2.75) is 34.3 Å². The Kier molecular flexibility index (Phi) is 6.28. The van der Waals surface area contributed by atoms with Crippen LogP contribution in [-0.2, 0) is 11.4 Å². The van der Waals surface area contributed by atoms with Crippen molar-refractivity contribution in [3.05, 3.63) is 68.1 Å². The average Bonchev–Trinajstić information content (AvgIpc) is 3.07. The molecule has 0 spiro atoms. The number of benzene rings is 2. The van der Waals surface area contributed by atoms with Gasteiger partial charge in [-0.25, -0.2) is 4.98 Å². The van der Waals surface area contributed by atoms with Gasteiger partial charge in [0.1, 0.15) is 17.4 Å². The number of ether oxygens (including phenoxy) is 1. The number of rotatable bonds is 5. The van der Waals surface area contributed by atoms with Gasteiger partial charge in [0.05, 0.1) is 16.4 Å². The van der Waals surface area contributed by atoms with E-state index in [2.05, 4.69) is 17.1 Å². The summed E-state index contributed by atoms with van der Waals surface area (Å²) >= 11 is 13.6. The highest BCUT2D eigenvalue weighted by atomic mass is 35.5. The fraction of sp³-hybridized carbons (Fsp3) is 0.238. The Morgan fingerprint density at radius 3 is 2.50 bits per heavy atom. The van der Waals surface area contributed by atoms with Crippen LogP contribution in [0.4, 0.5) is 10.8 Å². The summed E-state index contributed by atoms with van der Waals surface area (Å²) in [6.45, 7) is 7.83. The molecule has 146 valence electrons. The van der Waals surface area contributed by atoms with Gasteiger partial charge in [0.2, 0.25) is 5.91 Å². The van der Waals surface area contributed by atoms with Gasteiger partial charge in [0, 0.05) is 12.3 Å². The lowest BCUT2D eigenvalue weighted by molar-refractivity contribution is -0.115. The first-order valence-electron chi connectivity index (χ1n) is 8.67. The summed E-state index contributed by atoms with van der Waals surface area (Å²) in [5, 5.41) is 3.29. The molecule has 3 rings (SSSR count). The van der Waals surface area contributed by atoms with Crippen molar-refractivity contribution in [3.8, 4) is 5.75 Å². The van der Waals surface area contributed by atoms with Gasteiger partial charge >= 0.3 is 0 Å². The molecule has 1 aromatic heterocycles. The molecule has 0 bridgehead atoms. The van der Waals surface area contributed by atoms with E-state index >= 15 is 0 Å². The van der Waals surface area contributed by atoms with Gasteiger partial charge in [-0.2, -0.15) is 0 Å². The summed E-state index contributed by atoms with van der Waals surface area (Å²) in [7, 11) is 0. The molecule has 0 unspecified atom stereocenters. The van der Waals surface area contributed by atoms with E-state index in [1.165, 1.54) is 11.3 Å². The molecule has 1 amide bonds. The summed E-state index contributed by atoms with van der Waals surface area (Å²) in [4.78, 5) is 18.7. The maximum Gasteiger partial charge on any atom is 0.230 e. The van der Waals surface area contributed by atoms with E-state index in [1.807, 2.05) is 26.2 Å². The van der Waals surface area contributed by atoms with Crippen molar-refractivity contribution in [1.82, 2.24) is 4.98 Å². The van der Waals surface area contributed by atoms with Crippen LogP contribution in [0.5, 0.6) is 5.75 Å². The van der Waals surface area contributed by atoms with E-state index in [0.29, 0.717) is 26.6 Å². The second-order valence-electron chi connectivity index (χ2n) is 6.56. The van der Waals surface area contributed by atoms with Gasteiger partial charge in [0.25, 0.3) is 0 Å². The topological polar surface area (TPSA) is 42.4 Å². The molecule has 3 aromatic rings. The van der Waals surface area contributed by atoms with Gasteiger partial charge in [-0.1, -0.05) is 47.0 Å². The Bertz CT molecular complexity index is 1010. The zero-order valence-corrected chi connectivity index (χ0v) is 18.4. The van der Waals surface area contributed by atoms with Gasteiger partial charge in [-0.15, -0.1) is 11.3 Å². The molecular weight excluding hydrogens is 415 g/mol. The van der Waals surface area contributed by atoms with Gasteiger partial charge < -0.3 is 4.74 Å². The average molecular weight is 435 g/mol. The Balaban J connectivity index is 1.86. The molecule has 0 fully saturated rings. The highest BCUT2D eigenvalue weighted by Crippen LogP contribution is 2.35. The van der Waals surface area contributed by atoms with E-state index in [0.717, 1.165) is 22.4 Å². The number of aryl methyl sites for hydroxylation is 3. The number of nitrogens with zero attached hydrogens (tertiary/aromatic N) is 2. The second kappa shape index (κ2) is 8.52. The van der Waals surface area contributed by atoms with Crippen LogP contribution in [0.3, 0.4) is 0 Å². The number of thiazole rings is 1. The number of anilines is 2. The molecule has 0 aliphatic heterocycles. The largest absolute Gasteiger partial charge is 0.486 e. The van der Waals surface area contributed by atoms with Crippen molar-refractivity contribution in [1.29, 1.82) is 0 Å². The third-order valence-corrected chi connectivity index (χ3v) is 5.87. The molecule has 2 aromatic carbocycles. The monoisotopic (exact) mass is 434 g/mol. The fourth-order valence-corrected chi connectivity index (χ4v) is 4.33. The molecule has 1 heterocycles. The highest BCUT2D eigenvalue weighted by Gasteiger charge is 2.22. The summed E-state index contributed by atoms with van der Waals surface area (Å²) in [6.07, 6.45) is 0.